The molecule has 9 nitrogen and oxygen atoms in total. The summed E-state index contributed by atoms with van der Waals surface area (Å²) in [6.45, 7) is 3.70. The maximum atomic E-state index is 13.8. The van der Waals surface area contributed by atoms with Crippen molar-refractivity contribution in [2.24, 2.45) is 0 Å². The van der Waals surface area contributed by atoms with E-state index < -0.39 is 17.7 Å². The average molecular weight is 507 g/mol. The highest BCUT2D eigenvalue weighted by molar-refractivity contribution is 6.06. The molecule has 4 heterocycles. The summed E-state index contributed by atoms with van der Waals surface area (Å²) in [7, 11) is 1.67. The average Bonchev–Trinajstić information content (AvgIpc) is 3.47. The molecular formula is C28H34N4O5. The Morgan fingerprint density at radius 2 is 1.84 bits per heavy atom. The number of benzene rings is 2. The molecule has 0 aromatic heterocycles. The van der Waals surface area contributed by atoms with E-state index in [1.807, 2.05) is 28.0 Å². The Hall–Kier alpha value is -3.01. The van der Waals surface area contributed by atoms with Crippen molar-refractivity contribution in [1.82, 2.24) is 19.6 Å². The Kier molecular flexibility index (Phi) is 6.17. The highest BCUT2D eigenvalue weighted by Crippen LogP contribution is 2.41. The second-order valence-corrected chi connectivity index (χ2v) is 10.8. The Balaban J connectivity index is 1.19. The first-order chi connectivity index (χ1) is 17.9. The molecule has 37 heavy (non-hydrogen) atoms. The van der Waals surface area contributed by atoms with Crippen molar-refractivity contribution < 1.29 is 24.2 Å². The first-order valence-electron chi connectivity index (χ1n) is 13.3. The minimum Gasteiger partial charge on any atom is -0.496 e. The van der Waals surface area contributed by atoms with Crippen molar-refractivity contribution in [3.05, 3.63) is 42.0 Å². The van der Waals surface area contributed by atoms with Gasteiger partial charge in [-0.25, -0.2) is 0 Å². The van der Waals surface area contributed by atoms with Gasteiger partial charge in [0.1, 0.15) is 11.3 Å². The normalized spacial score (nSPS) is 25.8. The number of carbonyl (C=O) groups excluding carboxylic acids is 3. The lowest BCUT2D eigenvalue weighted by Crippen LogP contribution is -2.81. The number of methoxy groups -OCH3 is 1. The number of rotatable bonds is 7. The van der Waals surface area contributed by atoms with Crippen LogP contribution in [0.4, 0.5) is 0 Å². The van der Waals surface area contributed by atoms with Crippen molar-refractivity contribution >= 4 is 28.5 Å². The van der Waals surface area contributed by atoms with E-state index >= 15 is 0 Å². The van der Waals surface area contributed by atoms with Crippen LogP contribution in [-0.2, 0) is 20.9 Å². The van der Waals surface area contributed by atoms with E-state index in [4.69, 9.17) is 4.74 Å². The molecule has 0 saturated carbocycles. The van der Waals surface area contributed by atoms with E-state index in [1.54, 1.807) is 7.11 Å². The number of ether oxygens (including phenoxy) is 1. The third kappa shape index (κ3) is 4.00. The molecule has 0 radical (unpaired) electrons. The van der Waals surface area contributed by atoms with Gasteiger partial charge in [0.25, 0.3) is 5.91 Å². The van der Waals surface area contributed by atoms with Crippen LogP contribution < -0.4 is 4.74 Å². The molecule has 196 valence electrons. The largest absolute Gasteiger partial charge is 0.496 e. The van der Waals surface area contributed by atoms with Crippen LogP contribution in [-0.4, -0.2) is 106 Å². The molecule has 1 N–H and O–H groups in total. The number of aliphatic hydroxyl groups is 1. The lowest BCUT2D eigenvalue weighted by molar-refractivity contribution is -0.180. The number of carbonyl (C=O) groups is 3. The molecule has 3 amide bonds. The fourth-order valence-electron chi connectivity index (χ4n) is 6.76. The summed E-state index contributed by atoms with van der Waals surface area (Å²) in [4.78, 5) is 46.6. The maximum absolute atomic E-state index is 13.8. The number of fused-ring (bicyclic) bond motifs is 3. The molecule has 6 rings (SSSR count). The third-order valence-corrected chi connectivity index (χ3v) is 8.56. The van der Waals surface area contributed by atoms with E-state index in [1.165, 1.54) is 4.90 Å². The number of hydrogen-bond acceptors (Lipinski definition) is 7. The zero-order chi connectivity index (χ0) is 25.7. The molecule has 2 aromatic rings. The molecule has 4 aliphatic heterocycles. The van der Waals surface area contributed by atoms with Crippen LogP contribution in [0, 0.1) is 0 Å². The van der Waals surface area contributed by atoms with Gasteiger partial charge < -0.3 is 14.7 Å². The fraction of sp³-hybridized carbons (Fsp3) is 0.536. The van der Waals surface area contributed by atoms with Crippen LogP contribution in [0.25, 0.3) is 10.8 Å². The van der Waals surface area contributed by atoms with E-state index in [2.05, 4.69) is 23.1 Å². The molecule has 4 saturated heterocycles. The van der Waals surface area contributed by atoms with Gasteiger partial charge in [0, 0.05) is 57.6 Å². The van der Waals surface area contributed by atoms with Gasteiger partial charge in [-0.05, 0) is 36.3 Å². The quantitative estimate of drug-likeness (QED) is 0.565. The van der Waals surface area contributed by atoms with Crippen molar-refractivity contribution in [3.8, 4) is 5.75 Å². The molecule has 4 aliphatic rings. The van der Waals surface area contributed by atoms with Gasteiger partial charge in [0.15, 0.2) is 0 Å². The summed E-state index contributed by atoms with van der Waals surface area (Å²) in [5.74, 6) is 0.616. The number of aliphatic hydroxyl groups excluding tert-OH is 1. The van der Waals surface area contributed by atoms with Gasteiger partial charge in [-0.1, -0.05) is 30.3 Å². The first kappa shape index (κ1) is 24.3. The lowest BCUT2D eigenvalue weighted by atomic mass is 9.82. The molecule has 2 unspecified atom stereocenters. The maximum Gasteiger partial charge on any atom is 0.252 e. The van der Waals surface area contributed by atoms with Crippen molar-refractivity contribution in [3.63, 3.8) is 0 Å². The van der Waals surface area contributed by atoms with Gasteiger partial charge in [-0.3, -0.25) is 29.1 Å². The SMILES string of the molecule is COc1ccc(CN2CC3(C2)C(=O)N(CCCN2CCCC2=O)C(=O)C2CC(O)CN23)c2ccccc12. The van der Waals surface area contributed by atoms with Gasteiger partial charge in [-0.15, -0.1) is 0 Å². The molecule has 9 heteroatoms. The smallest absolute Gasteiger partial charge is 0.252 e. The van der Waals surface area contributed by atoms with Crippen LogP contribution >= 0.6 is 0 Å². The minimum absolute atomic E-state index is 0.151. The predicted octanol–water partition coefficient (Wildman–Crippen LogP) is 1.22. The highest BCUT2D eigenvalue weighted by Gasteiger charge is 2.64. The van der Waals surface area contributed by atoms with Crippen molar-refractivity contribution in [1.29, 1.82) is 0 Å². The molecule has 4 fully saturated rings. The highest BCUT2D eigenvalue weighted by atomic mass is 16.5. The van der Waals surface area contributed by atoms with Crippen LogP contribution in [0.2, 0.25) is 0 Å². The molecule has 0 bridgehead atoms. The van der Waals surface area contributed by atoms with Crippen LogP contribution in [0.5, 0.6) is 5.75 Å². The fourth-order valence-corrected chi connectivity index (χ4v) is 6.76. The summed E-state index contributed by atoms with van der Waals surface area (Å²) < 4.78 is 5.53. The summed E-state index contributed by atoms with van der Waals surface area (Å²) in [5.41, 5.74) is 0.373. The number of hydrogen-bond donors (Lipinski definition) is 1. The Morgan fingerprint density at radius 3 is 2.57 bits per heavy atom. The van der Waals surface area contributed by atoms with Gasteiger partial charge in [-0.2, -0.15) is 0 Å². The monoisotopic (exact) mass is 506 g/mol. The van der Waals surface area contributed by atoms with Crippen molar-refractivity contribution in [2.75, 3.05) is 46.4 Å². The number of likely N-dealkylation sites (tertiary alicyclic amines) is 2. The summed E-state index contributed by atoms with van der Waals surface area (Å²) >= 11 is 0. The Bertz CT molecular complexity index is 1240. The summed E-state index contributed by atoms with van der Waals surface area (Å²) in [6, 6.07) is 11.7. The molecular weight excluding hydrogens is 472 g/mol. The van der Waals surface area contributed by atoms with E-state index in [-0.39, 0.29) is 17.7 Å². The third-order valence-electron chi connectivity index (χ3n) is 8.56. The second kappa shape index (κ2) is 9.38. The summed E-state index contributed by atoms with van der Waals surface area (Å²) in [6.07, 6.45) is 1.78. The van der Waals surface area contributed by atoms with Gasteiger partial charge in [0.05, 0.1) is 19.3 Å². The summed E-state index contributed by atoms with van der Waals surface area (Å²) in [5, 5.41) is 12.6. The standard InChI is InChI=1S/C28H34N4O5/c1-37-24-10-9-19(21-6-2-3-7-22(21)24)15-29-17-28(18-29)27(36)31(13-5-12-30-11-4-8-25(30)34)26(35)23-14-20(33)16-32(23)28/h2-3,6-7,9-10,20,23,33H,4-5,8,11-18H2,1H3. The Labute approximate surface area is 216 Å². The van der Waals surface area contributed by atoms with Crippen LogP contribution in [0.1, 0.15) is 31.2 Å². The zero-order valence-electron chi connectivity index (χ0n) is 21.3. The number of nitrogens with zero attached hydrogens (tertiary/aromatic N) is 4. The zero-order valence-corrected chi connectivity index (χ0v) is 21.3. The van der Waals surface area contributed by atoms with Gasteiger partial charge >= 0.3 is 0 Å². The minimum atomic E-state index is -0.790. The topological polar surface area (TPSA) is 93.6 Å². The Morgan fingerprint density at radius 1 is 1.05 bits per heavy atom. The second-order valence-electron chi connectivity index (χ2n) is 10.8. The van der Waals surface area contributed by atoms with Crippen molar-refractivity contribution in [2.45, 2.75) is 49.9 Å². The number of piperazine rings is 1. The van der Waals surface area contributed by atoms with E-state index in [0.717, 1.165) is 35.1 Å². The van der Waals surface area contributed by atoms with Crippen LogP contribution in [0.3, 0.4) is 0 Å². The first-order valence-corrected chi connectivity index (χ1v) is 13.3. The molecule has 1 spiro atoms. The van der Waals surface area contributed by atoms with E-state index in [0.29, 0.717) is 58.5 Å². The number of imide groups is 1. The predicted molar refractivity (Wildman–Crippen MR) is 137 cm³/mol. The molecule has 0 aliphatic carbocycles. The molecule has 2 atom stereocenters. The lowest BCUT2D eigenvalue weighted by Gasteiger charge is -2.58. The van der Waals surface area contributed by atoms with Gasteiger partial charge in [0.2, 0.25) is 11.8 Å². The van der Waals surface area contributed by atoms with Crippen LogP contribution in [0.15, 0.2) is 36.4 Å². The number of amides is 3. The number of β-amino-alcohol motifs (C(OH)–C–C–N with tert-alkyl or cyclic N) is 1. The molecule has 2 aromatic carbocycles. The van der Waals surface area contributed by atoms with E-state index in [9.17, 15) is 19.5 Å².